The Bertz CT molecular complexity index is 738. The van der Waals surface area contributed by atoms with Gasteiger partial charge in [-0.05, 0) is 25.5 Å². The van der Waals surface area contributed by atoms with Gasteiger partial charge < -0.3 is 9.73 Å². The Labute approximate surface area is 139 Å². The van der Waals surface area contributed by atoms with Gasteiger partial charge in [0.2, 0.25) is 15.9 Å². The largest absolute Gasteiger partial charge is 0.469 e. The monoisotopic (exact) mass is 357 g/mol. The number of sulfonamides is 1. The van der Waals surface area contributed by atoms with Crippen molar-refractivity contribution < 1.29 is 17.6 Å². The fraction of sp³-hybridized carbons (Fsp3) is 0.429. The van der Waals surface area contributed by atoms with E-state index in [1.807, 2.05) is 19.1 Å². The third-order valence-electron chi connectivity index (χ3n) is 2.98. The van der Waals surface area contributed by atoms with Crippen molar-refractivity contribution in [3.8, 4) is 0 Å². The minimum atomic E-state index is -3.35. The molecule has 126 valence electrons. The molecule has 0 radical (unpaired) electrons. The summed E-state index contributed by atoms with van der Waals surface area (Å²) in [5.41, 5.74) is 0.539. The number of thiazole rings is 1. The third-order valence-corrected chi connectivity index (χ3v) is 4.48. The van der Waals surface area contributed by atoms with Gasteiger partial charge in [0.25, 0.3) is 0 Å². The number of aromatic nitrogens is 1. The molecular weight excluding hydrogens is 338 g/mol. The summed E-state index contributed by atoms with van der Waals surface area (Å²) in [5, 5.41) is 4.83. The van der Waals surface area contributed by atoms with Gasteiger partial charge in [-0.25, -0.2) is 13.4 Å². The fourth-order valence-corrected chi connectivity index (χ4v) is 3.53. The number of nitrogens with one attached hydrogen (secondary N) is 2. The Hall–Kier alpha value is -1.87. The average molecular weight is 357 g/mol. The summed E-state index contributed by atoms with van der Waals surface area (Å²) >= 11 is 1.15. The van der Waals surface area contributed by atoms with Crippen molar-refractivity contribution in [1.82, 2.24) is 10.3 Å². The Kier molecular flexibility index (Phi) is 5.78. The van der Waals surface area contributed by atoms with E-state index < -0.39 is 10.0 Å². The third kappa shape index (κ3) is 6.41. The molecule has 1 unspecified atom stereocenters. The van der Waals surface area contributed by atoms with Crippen LogP contribution in [0.15, 0.2) is 28.2 Å². The molecule has 2 N–H and O–H groups in total. The molecule has 0 aliphatic carbocycles. The minimum Gasteiger partial charge on any atom is -0.469 e. The first-order chi connectivity index (χ1) is 10.8. The van der Waals surface area contributed by atoms with E-state index in [9.17, 15) is 13.2 Å². The second-order valence-corrected chi connectivity index (χ2v) is 7.89. The van der Waals surface area contributed by atoms with Crippen LogP contribution >= 0.6 is 11.3 Å². The lowest BCUT2D eigenvalue weighted by molar-refractivity contribution is -0.121. The summed E-state index contributed by atoms with van der Waals surface area (Å²) in [6, 6.07) is 3.75. The molecule has 0 aliphatic heterocycles. The number of aryl methyl sites for hydroxylation is 1. The van der Waals surface area contributed by atoms with Crippen LogP contribution in [0.5, 0.6) is 0 Å². The maximum Gasteiger partial charge on any atom is 0.231 e. The summed E-state index contributed by atoms with van der Waals surface area (Å²) in [5.74, 6) is 0.746. The molecule has 0 bridgehead atoms. The number of carbonyl (C=O) groups excluding carboxylic acids is 1. The molecule has 7 nitrogen and oxygen atoms in total. The molecular formula is C14H19N3O4S2. The molecule has 1 amide bonds. The van der Waals surface area contributed by atoms with E-state index in [1.165, 1.54) is 0 Å². The second kappa shape index (κ2) is 7.60. The molecule has 2 aromatic rings. The van der Waals surface area contributed by atoms with Crippen LogP contribution in [-0.4, -0.2) is 31.6 Å². The van der Waals surface area contributed by atoms with E-state index in [0.717, 1.165) is 36.2 Å². The quantitative estimate of drug-likeness (QED) is 0.750. The van der Waals surface area contributed by atoms with Crippen LogP contribution < -0.4 is 10.0 Å². The van der Waals surface area contributed by atoms with E-state index in [1.54, 1.807) is 11.6 Å². The van der Waals surface area contributed by atoms with Crippen LogP contribution in [0, 0.1) is 0 Å². The van der Waals surface area contributed by atoms with Crippen molar-refractivity contribution in [3.05, 3.63) is 35.2 Å². The number of anilines is 1. The topological polar surface area (TPSA) is 101 Å². The predicted octanol–water partition coefficient (Wildman–Crippen LogP) is 1.79. The highest BCUT2D eigenvalue weighted by molar-refractivity contribution is 7.92. The zero-order chi connectivity index (χ0) is 16.9. The number of carbonyl (C=O) groups is 1. The number of amides is 1. The normalized spacial score (nSPS) is 12.8. The Balaban J connectivity index is 1.77. The van der Waals surface area contributed by atoms with Crippen molar-refractivity contribution >= 4 is 32.4 Å². The molecule has 1 atom stereocenters. The molecule has 2 rings (SSSR count). The SMILES string of the molecule is CC(CCc1ccco1)NC(=O)Cc1csc(NS(C)(=O)=O)n1. The van der Waals surface area contributed by atoms with Gasteiger partial charge in [0.1, 0.15) is 5.76 Å². The summed E-state index contributed by atoms with van der Waals surface area (Å²) in [7, 11) is -3.35. The summed E-state index contributed by atoms with van der Waals surface area (Å²) < 4.78 is 29.8. The van der Waals surface area contributed by atoms with Gasteiger partial charge in [-0.15, -0.1) is 11.3 Å². The molecule has 0 aromatic carbocycles. The molecule has 0 fully saturated rings. The lowest BCUT2D eigenvalue weighted by atomic mass is 10.1. The van der Waals surface area contributed by atoms with E-state index in [-0.39, 0.29) is 23.5 Å². The molecule has 0 spiro atoms. The number of furan rings is 1. The van der Waals surface area contributed by atoms with Crippen molar-refractivity contribution in [1.29, 1.82) is 0 Å². The predicted molar refractivity (Wildman–Crippen MR) is 88.9 cm³/mol. The highest BCUT2D eigenvalue weighted by Gasteiger charge is 2.12. The molecule has 9 heteroatoms. The van der Waals surface area contributed by atoms with Crippen LogP contribution in [0.1, 0.15) is 24.8 Å². The Morgan fingerprint density at radius 3 is 2.91 bits per heavy atom. The molecule has 2 heterocycles. The number of nitrogens with zero attached hydrogens (tertiary/aromatic N) is 1. The second-order valence-electron chi connectivity index (χ2n) is 5.28. The van der Waals surface area contributed by atoms with Gasteiger partial charge >= 0.3 is 0 Å². The zero-order valence-corrected chi connectivity index (χ0v) is 14.5. The lowest BCUT2D eigenvalue weighted by Crippen LogP contribution is -2.34. The summed E-state index contributed by atoms with van der Waals surface area (Å²) in [6.45, 7) is 1.93. The lowest BCUT2D eigenvalue weighted by Gasteiger charge is -2.12. The first-order valence-electron chi connectivity index (χ1n) is 7.06. The van der Waals surface area contributed by atoms with Crippen molar-refractivity contribution in [2.45, 2.75) is 32.2 Å². The molecule has 0 saturated carbocycles. The first kappa shape index (κ1) is 17.5. The zero-order valence-electron chi connectivity index (χ0n) is 12.9. The highest BCUT2D eigenvalue weighted by Crippen LogP contribution is 2.16. The van der Waals surface area contributed by atoms with E-state index in [4.69, 9.17) is 4.42 Å². The maximum absolute atomic E-state index is 12.0. The highest BCUT2D eigenvalue weighted by atomic mass is 32.2. The van der Waals surface area contributed by atoms with Gasteiger partial charge in [-0.2, -0.15) is 0 Å². The van der Waals surface area contributed by atoms with Crippen molar-refractivity contribution in [2.24, 2.45) is 0 Å². The van der Waals surface area contributed by atoms with Gasteiger partial charge in [0.05, 0.1) is 24.6 Å². The molecule has 0 saturated heterocycles. The van der Waals surface area contributed by atoms with Gasteiger partial charge in [0, 0.05) is 17.8 Å². The Morgan fingerprint density at radius 2 is 2.26 bits per heavy atom. The van der Waals surface area contributed by atoms with Crippen LogP contribution in [0.2, 0.25) is 0 Å². The Morgan fingerprint density at radius 1 is 1.48 bits per heavy atom. The van der Waals surface area contributed by atoms with Gasteiger partial charge in [-0.1, -0.05) is 0 Å². The van der Waals surface area contributed by atoms with Crippen LogP contribution in [0.25, 0.3) is 0 Å². The molecule has 23 heavy (non-hydrogen) atoms. The van der Waals surface area contributed by atoms with Gasteiger partial charge in [0.15, 0.2) is 5.13 Å². The van der Waals surface area contributed by atoms with Crippen LogP contribution in [0.4, 0.5) is 5.13 Å². The first-order valence-corrected chi connectivity index (χ1v) is 9.83. The minimum absolute atomic E-state index is 0.0138. The molecule has 0 aliphatic rings. The standard InChI is InChI=1S/C14H19N3O4S2/c1-10(5-6-12-4-3-7-21-12)15-13(18)8-11-9-22-14(16-11)17-23(2,19)20/h3-4,7,9-10H,5-6,8H2,1-2H3,(H,15,18)(H,16,17). The number of rotatable bonds is 8. The van der Waals surface area contributed by atoms with E-state index in [2.05, 4.69) is 15.0 Å². The van der Waals surface area contributed by atoms with Crippen LogP contribution in [-0.2, 0) is 27.7 Å². The maximum atomic E-state index is 12.0. The van der Waals surface area contributed by atoms with E-state index >= 15 is 0 Å². The van der Waals surface area contributed by atoms with Crippen molar-refractivity contribution in [2.75, 3.05) is 11.0 Å². The smallest absolute Gasteiger partial charge is 0.231 e. The number of hydrogen-bond donors (Lipinski definition) is 2. The summed E-state index contributed by atoms with van der Waals surface area (Å²) in [6.07, 6.45) is 4.34. The van der Waals surface area contributed by atoms with Crippen LogP contribution in [0.3, 0.4) is 0 Å². The number of hydrogen-bond acceptors (Lipinski definition) is 6. The average Bonchev–Trinajstić information content (AvgIpc) is 3.06. The van der Waals surface area contributed by atoms with Crippen molar-refractivity contribution in [3.63, 3.8) is 0 Å². The summed E-state index contributed by atoms with van der Waals surface area (Å²) in [4.78, 5) is 16.1. The van der Waals surface area contributed by atoms with Gasteiger partial charge in [-0.3, -0.25) is 9.52 Å². The molecule has 2 aromatic heterocycles. The fourth-order valence-electron chi connectivity index (χ4n) is 1.97. The van der Waals surface area contributed by atoms with E-state index in [0.29, 0.717) is 5.69 Å².